The van der Waals surface area contributed by atoms with E-state index in [0.29, 0.717) is 11.4 Å². The minimum absolute atomic E-state index is 0.579. The third-order valence-electron chi connectivity index (χ3n) is 3.07. The number of benzene rings is 1. The van der Waals surface area contributed by atoms with Crippen molar-refractivity contribution in [2.45, 2.75) is 13.0 Å². The number of aliphatic hydroxyl groups excluding tert-OH is 1. The summed E-state index contributed by atoms with van der Waals surface area (Å²) in [6, 6.07) is 13.3. The average Bonchev–Trinajstić information content (AvgIpc) is 2.97. The first kappa shape index (κ1) is 12.5. The molecule has 1 unspecified atom stereocenters. The Morgan fingerprint density at radius 2 is 1.85 bits per heavy atom. The van der Waals surface area contributed by atoms with E-state index in [1.165, 1.54) is 0 Å². The van der Waals surface area contributed by atoms with Gasteiger partial charge in [0.05, 0.1) is 23.3 Å². The van der Waals surface area contributed by atoms with E-state index >= 15 is 0 Å². The van der Waals surface area contributed by atoms with Gasteiger partial charge in [-0.15, -0.1) is 5.10 Å². The third kappa shape index (κ3) is 2.31. The highest BCUT2D eigenvalue weighted by molar-refractivity contribution is 5.33. The number of hydrogen-bond acceptors (Lipinski definition) is 4. The second kappa shape index (κ2) is 5.22. The van der Waals surface area contributed by atoms with Crippen molar-refractivity contribution in [1.29, 1.82) is 0 Å². The smallest absolute Gasteiger partial charge is 0.140 e. The summed E-state index contributed by atoms with van der Waals surface area (Å²) in [7, 11) is 0. The molecule has 0 bridgehead atoms. The topological polar surface area (TPSA) is 63.8 Å². The van der Waals surface area contributed by atoms with E-state index in [0.717, 1.165) is 11.3 Å². The lowest BCUT2D eigenvalue weighted by Crippen LogP contribution is -2.09. The second-order valence-electron chi connectivity index (χ2n) is 4.57. The number of rotatable bonds is 3. The lowest BCUT2D eigenvalue weighted by atomic mass is 10.1. The van der Waals surface area contributed by atoms with Gasteiger partial charge >= 0.3 is 0 Å². The van der Waals surface area contributed by atoms with Gasteiger partial charge in [0.2, 0.25) is 0 Å². The Labute approximate surface area is 116 Å². The Kier molecular flexibility index (Phi) is 3.26. The molecule has 5 heteroatoms. The van der Waals surface area contributed by atoms with Crippen LogP contribution in [0, 0.1) is 6.92 Å². The summed E-state index contributed by atoms with van der Waals surface area (Å²) in [4.78, 5) is 4.25. The molecule has 3 rings (SSSR count). The molecule has 0 aliphatic heterocycles. The Morgan fingerprint density at radius 1 is 1.05 bits per heavy atom. The Balaban J connectivity index is 1.99. The van der Waals surface area contributed by atoms with Crippen LogP contribution in [0.5, 0.6) is 0 Å². The summed E-state index contributed by atoms with van der Waals surface area (Å²) in [5, 5.41) is 18.4. The van der Waals surface area contributed by atoms with E-state index in [2.05, 4.69) is 15.3 Å². The molecular weight excluding hydrogens is 252 g/mol. The average molecular weight is 266 g/mol. The molecule has 0 amide bonds. The minimum atomic E-state index is -0.856. The molecule has 0 fully saturated rings. The van der Waals surface area contributed by atoms with Gasteiger partial charge in [0.1, 0.15) is 6.10 Å². The van der Waals surface area contributed by atoms with Crippen LogP contribution >= 0.6 is 0 Å². The third-order valence-corrected chi connectivity index (χ3v) is 3.07. The molecule has 2 heterocycles. The van der Waals surface area contributed by atoms with Crippen LogP contribution < -0.4 is 0 Å². The van der Waals surface area contributed by atoms with Crippen LogP contribution in [0.15, 0.2) is 54.9 Å². The molecule has 1 atom stereocenters. The van der Waals surface area contributed by atoms with Crippen LogP contribution in [0.3, 0.4) is 0 Å². The van der Waals surface area contributed by atoms with Crippen LogP contribution in [0.1, 0.15) is 23.1 Å². The number of pyridine rings is 1. The zero-order valence-corrected chi connectivity index (χ0v) is 11.0. The summed E-state index contributed by atoms with van der Waals surface area (Å²) < 4.78 is 1.62. The highest BCUT2D eigenvalue weighted by atomic mass is 16.3. The van der Waals surface area contributed by atoms with E-state index in [1.807, 2.05) is 49.4 Å². The molecular formula is C15H14N4O. The van der Waals surface area contributed by atoms with Gasteiger partial charge in [-0.25, -0.2) is 4.68 Å². The fourth-order valence-electron chi connectivity index (χ4n) is 1.99. The molecule has 100 valence electrons. The first-order valence-electron chi connectivity index (χ1n) is 6.32. The van der Waals surface area contributed by atoms with Gasteiger partial charge in [-0.3, -0.25) is 4.98 Å². The monoisotopic (exact) mass is 266 g/mol. The standard InChI is InChI=1S/C15H14N4O/c1-11-7-8-13(16-9-11)15(20)14-10-17-18-19(14)12-5-3-2-4-6-12/h2-10,15,20H,1H3. The first-order chi connectivity index (χ1) is 9.75. The second-order valence-corrected chi connectivity index (χ2v) is 4.57. The lowest BCUT2D eigenvalue weighted by molar-refractivity contribution is 0.207. The van der Waals surface area contributed by atoms with Crippen molar-refractivity contribution in [3.8, 4) is 5.69 Å². The number of aromatic nitrogens is 4. The van der Waals surface area contributed by atoms with Gasteiger partial charge in [-0.2, -0.15) is 0 Å². The van der Waals surface area contributed by atoms with E-state index in [-0.39, 0.29) is 0 Å². The molecule has 2 aromatic heterocycles. The molecule has 3 aromatic rings. The maximum Gasteiger partial charge on any atom is 0.140 e. The van der Waals surface area contributed by atoms with Gasteiger partial charge in [0, 0.05) is 6.20 Å². The Hall–Kier alpha value is -2.53. The van der Waals surface area contributed by atoms with Gasteiger partial charge in [-0.1, -0.05) is 29.5 Å². The molecule has 0 aliphatic carbocycles. The van der Waals surface area contributed by atoms with Gasteiger partial charge in [-0.05, 0) is 30.7 Å². The predicted molar refractivity (Wildman–Crippen MR) is 74.4 cm³/mol. The van der Waals surface area contributed by atoms with E-state index in [9.17, 15) is 5.11 Å². The van der Waals surface area contributed by atoms with Crippen molar-refractivity contribution in [2.24, 2.45) is 0 Å². The van der Waals surface area contributed by atoms with E-state index < -0.39 is 6.10 Å². The maximum atomic E-state index is 10.5. The van der Waals surface area contributed by atoms with Crippen molar-refractivity contribution >= 4 is 0 Å². The van der Waals surface area contributed by atoms with Crippen molar-refractivity contribution in [3.05, 3.63) is 71.8 Å². The van der Waals surface area contributed by atoms with Gasteiger partial charge < -0.3 is 5.11 Å². The fourth-order valence-corrected chi connectivity index (χ4v) is 1.99. The van der Waals surface area contributed by atoms with Crippen molar-refractivity contribution in [2.75, 3.05) is 0 Å². The van der Waals surface area contributed by atoms with Crippen LogP contribution in [0.25, 0.3) is 5.69 Å². The maximum absolute atomic E-state index is 10.5. The van der Waals surface area contributed by atoms with Crippen LogP contribution in [-0.4, -0.2) is 25.1 Å². The molecule has 0 aliphatic rings. The lowest BCUT2D eigenvalue weighted by Gasteiger charge is -2.12. The van der Waals surface area contributed by atoms with Gasteiger partial charge in [0.25, 0.3) is 0 Å². The number of aryl methyl sites for hydroxylation is 1. The number of hydrogen-bond donors (Lipinski definition) is 1. The summed E-state index contributed by atoms with van der Waals surface area (Å²) in [6.07, 6.45) is 2.43. The van der Waals surface area contributed by atoms with Crippen molar-refractivity contribution in [3.63, 3.8) is 0 Å². The number of para-hydroxylation sites is 1. The van der Waals surface area contributed by atoms with Crippen molar-refractivity contribution < 1.29 is 5.11 Å². The molecule has 5 nitrogen and oxygen atoms in total. The number of aliphatic hydroxyl groups is 1. The molecule has 1 aromatic carbocycles. The first-order valence-corrected chi connectivity index (χ1v) is 6.32. The minimum Gasteiger partial charge on any atom is -0.380 e. The quantitative estimate of drug-likeness (QED) is 0.788. The van der Waals surface area contributed by atoms with E-state index in [1.54, 1.807) is 17.1 Å². The van der Waals surface area contributed by atoms with Crippen LogP contribution in [0.4, 0.5) is 0 Å². The largest absolute Gasteiger partial charge is 0.380 e. The molecule has 0 radical (unpaired) electrons. The Bertz CT molecular complexity index is 691. The zero-order chi connectivity index (χ0) is 13.9. The highest BCUT2D eigenvalue weighted by Crippen LogP contribution is 2.21. The summed E-state index contributed by atoms with van der Waals surface area (Å²) in [6.45, 7) is 1.96. The summed E-state index contributed by atoms with van der Waals surface area (Å²) >= 11 is 0. The van der Waals surface area contributed by atoms with Crippen LogP contribution in [-0.2, 0) is 0 Å². The molecule has 20 heavy (non-hydrogen) atoms. The fraction of sp³-hybridized carbons (Fsp3) is 0.133. The summed E-state index contributed by atoms with van der Waals surface area (Å²) in [5.74, 6) is 0. The van der Waals surface area contributed by atoms with Crippen LogP contribution in [0.2, 0.25) is 0 Å². The highest BCUT2D eigenvalue weighted by Gasteiger charge is 2.18. The predicted octanol–water partition coefficient (Wildman–Crippen LogP) is 2.05. The molecule has 1 N–H and O–H groups in total. The normalized spacial score (nSPS) is 12.3. The molecule has 0 saturated carbocycles. The number of nitrogens with zero attached hydrogens (tertiary/aromatic N) is 4. The zero-order valence-electron chi connectivity index (χ0n) is 11.0. The van der Waals surface area contributed by atoms with E-state index in [4.69, 9.17) is 0 Å². The SMILES string of the molecule is Cc1ccc(C(O)c2cnnn2-c2ccccc2)nc1. The van der Waals surface area contributed by atoms with Crippen molar-refractivity contribution in [1.82, 2.24) is 20.0 Å². The van der Waals surface area contributed by atoms with Gasteiger partial charge in [0.15, 0.2) is 0 Å². The molecule has 0 spiro atoms. The summed E-state index contributed by atoms with van der Waals surface area (Å²) in [5.41, 5.74) is 3.07. The molecule has 0 saturated heterocycles. The Morgan fingerprint density at radius 3 is 2.55 bits per heavy atom.